The zero-order chi connectivity index (χ0) is 18.2. The molecule has 0 aliphatic rings. The van der Waals surface area contributed by atoms with Crippen molar-refractivity contribution in [2.24, 2.45) is 5.73 Å². The van der Waals surface area contributed by atoms with Crippen LogP contribution in [0.1, 0.15) is 21.6 Å². The van der Waals surface area contributed by atoms with E-state index < -0.39 is 0 Å². The van der Waals surface area contributed by atoms with Gasteiger partial charge in [0.15, 0.2) is 0 Å². The van der Waals surface area contributed by atoms with Gasteiger partial charge in [-0.25, -0.2) is 0 Å². The highest BCUT2D eigenvalue weighted by molar-refractivity contribution is 7.12. The van der Waals surface area contributed by atoms with Gasteiger partial charge in [0.1, 0.15) is 5.84 Å². The van der Waals surface area contributed by atoms with E-state index in [0.29, 0.717) is 12.4 Å². The fourth-order valence-electron chi connectivity index (χ4n) is 2.64. The van der Waals surface area contributed by atoms with Gasteiger partial charge in [-0.3, -0.25) is 5.41 Å². The molecule has 0 spiro atoms. The number of hydrogen-bond donors (Lipinski definition) is 4. The van der Waals surface area contributed by atoms with Crippen molar-refractivity contribution in [3.05, 3.63) is 87.6 Å². The van der Waals surface area contributed by atoms with E-state index in [1.165, 1.54) is 11.1 Å². The summed E-state index contributed by atoms with van der Waals surface area (Å²) >= 11 is 1.57. The molecule has 28 heavy (non-hydrogen) atoms. The average molecular weight is 437 g/mol. The van der Waals surface area contributed by atoms with Crippen molar-refractivity contribution in [1.82, 2.24) is 5.32 Å². The Bertz CT molecular complexity index is 819. The van der Waals surface area contributed by atoms with Gasteiger partial charge < -0.3 is 16.4 Å². The van der Waals surface area contributed by atoms with E-state index in [1.807, 2.05) is 29.6 Å². The zero-order valence-electron chi connectivity index (χ0n) is 15.5. The first-order valence-corrected chi connectivity index (χ1v) is 9.59. The van der Waals surface area contributed by atoms with Crippen molar-refractivity contribution >= 4 is 47.7 Å². The van der Waals surface area contributed by atoms with Gasteiger partial charge in [0.25, 0.3) is 0 Å². The highest BCUT2D eigenvalue weighted by Gasteiger charge is 2.03. The number of halogens is 2. The molecule has 0 unspecified atom stereocenters. The van der Waals surface area contributed by atoms with Gasteiger partial charge in [0.2, 0.25) is 0 Å². The van der Waals surface area contributed by atoms with Crippen LogP contribution in [0.2, 0.25) is 0 Å². The van der Waals surface area contributed by atoms with Gasteiger partial charge in [-0.1, -0.05) is 42.5 Å². The van der Waals surface area contributed by atoms with Crippen LogP contribution in [0.15, 0.2) is 66.0 Å². The lowest BCUT2D eigenvalue weighted by Gasteiger charge is -2.09. The molecule has 0 atom stereocenters. The first-order chi connectivity index (χ1) is 12.7. The Morgan fingerprint density at radius 3 is 2.14 bits per heavy atom. The van der Waals surface area contributed by atoms with Crippen molar-refractivity contribution in [1.29, 1.82) is 5.41 Å². The van der Waals surface area contributed by atoms with Crippen molar-refractivity contribution in [2.75, 3.05) is 11.9 Å². The third-order valence-electron chi connectivity index (χ3n) is 4.17. The summed E-state index contributed by atoms with van der Waals surface area (Å²) in [5.41, 5.74) is 10.3. The standard InChI is InChI=1S/C21H24N4S.2ClH/c22-14-17-3-5-18(6-4-17)15-24-12-11-16-7-9-19(10-8-16)25-21(23)20-2-1-13-26-20;;/h1-10,13,24H,11-12,14-15,22H2,(H2,23,25);2*1H. The number of benzene rings is 2. The normalized spacial score (nSPS) is 9.89. The molecule has 0 fully saturated rings. The van der Waals surface area contributed by atoms with Crippen LogP contribution in [0.3, 0.4) is 0 Å². The lowest BCUT2D eigenvalue weighted by molar-refractivity contribution is 0.687. The van der Waals surface area contributed by atoms with Gasteiger partial charge >= 0.3 is 0 Å². The lowest BCUT2D eigenvalue weighted by atomic mass is 10.1. The number of amidine groups is 1. The van der Waals surface area contributed by atoms with E-state index in [-0.39, 0.29) is 24.8 Å². The topological polar surface area (TPSA) is 73.9 Å². The van der Waals surface area contributed by atoms with Gasteiger partial charge in [-0.2, -0.15) is 0 Å². The molecule has 150 valence electrons. The fraction of sp³-hybridized carbons (Fsp3) is 0.190. The summed E-state index contributed by atoms with van der Waals surface area (Å²) in [6, 6.07) is 20.6. The van der Waals surface area contributed by atoms with Crippen LogP contribution in [-0.2, 0) is 19.5 Å². The molecule has 1 heterocycles. The van der Waals surface area contributed by atoms with E-state index >= 15 is 0 Å². The Balaban J connectivity index is 0.00000196. The minimum atomic E-state index is 0. The number of thiophene rings is 1. The van der Waals surface area contributed by atoms with E-state index in [2.05, 4.69) is 47.0 Å². The van der Waals surface area contributed by atoms with E-state index in [0.717, 1.165) is 35.6 Å². The molecular weight excluding hydrogens is 411 g/mol. The molecule has 0 radical (unpaired) electrons. The van der Waals surface area contributed by atoms with Crippen LogP contribution >= 0.6 is 36.2 Å². The molecule has 0 aliphatic heterocycles. The summed E-state index contributed by atoms with van der Waals surface area (Å²) in [4.78, 5) is 0.942. The second-order valence-electron chi connectivity index (χ2n) is 6.12. The summed E-state index contributed by atoms with van der Waals surface area (Å²) < 4.78 is 0. The summed E-state index contributed by atoms with van der Waals surface area (Å²) in [6.45, 7) is 2.38. The Morgan fingerprint density at radius 2 is 1.54 bits per heavy atom. The minimum absolute atomic E-state index is 0. The molecule has 2 aromatic carbocycles. The van der Waals surface area contributed by atoms with Crippen molar-refractivity contribution in [3.63, 3.8) is 0 Å². The number of nitrogens with two attached hydrogens (primary N) is 1. The highest BCUT2D eigenvalue weighted by Crippen LogP contribution is 2.14. The summed E-state index contributed by atoms with van der Waals surface area (Å²) in [5, 5.41) is 16.7. The molecule has 0 amide bonds. The quantitative estimate of drug-likeness (QED) is 0.232. The monoisotopic (exact) mass is 436 g/mol. The first-order valence-electron chi connectivity index (χ1n) is 8.71. The van der Waals surface area contributed by atoms with E-state index in [9.17, 15) is 0 Å². The molecule has 3 aromatic rings. The number of hydrogen-bond acceptors (Lipinski definition) is 4. The average Bonchev–Trinajstić information content (AvgIpc) is 3.22. The maximum atomic E-state index is 8.06. The van der Waals surface area contributed by atoms with Crippen LogP contribution in [0.4, 0.5) is 5.69 Å². The summed E-state index contributed by atoms with van der Waals surface area (Å²) in [7, 11) is 0. The van der Waals surface area contributed by atoms with E-state index in [4.69, 9.17) is 11.1 Å². The van der Waals surface area contributed by atoms with Crippen LogP contribution in [0.25, 0.3) is 0 Å². The molecule has 0 bridgehead atoms. The predicted octanol–water partition coefficient (Wildman–Crippen LogP) is 4.82. The first kappa shape index (κ1) is 24.1. The molecule has 4 nitrogen and oxygen atoms in total. The van der Waals surface area contributed by atoms with E-state index in [1.54, 1.807) is 11.3 Å². The maximum Gasteiger partial charge on any atom is 0.140 e. The highest BCUT2D eigenvalue weighted by atomic mass is 35.5. The summed E-state index contributed by atoms with van der Waals surface area (Å²) in [5.74, 6) is 0.440. The smallest absolute Gasteiger partial charge is 0.140 e. The molecule has 5 N–H and O–H groups in total. The zero-order valence-corrected chi connectivity index (χ0v) is 17.9. The van der Waals surface area contributed by atoms with Crippen LogP contribution in [0, 0.1) is 5.41 Å². The number of nitrogens with one attached hydrogen (secondary N) is 3. The molecule has 7 heteroatoms. The molecular formula is C21H26Cl2N4S. The Hall–Kier alpha value is -1.89. The molecule has 3 rings (SSSR count). The molecule has 0 saturated heterocycles. The van der Waals surface area contributed by atoms with Gasteiger partial charge in [0.05, 0.1) is 4.88 Å². The van der Waals surface area contributed by atoms with Crippen molar-refractivity contribution in [2.45, 2.75) is 19.5 Å². The lowest BCUT2D eigenvalue weighted by Crippen LogP contribution is -2.16. The predicted molar refractivity (Wildman–Crippen MR) is 125 cm³/mol. The van der Waals surface area contributed by atoms with Crippen molar-refractivity contribution < 1.29 is 0 Å². The third-order valence-corrected chi connectivity index (χ3v) is 5.06. The van der Waals surface area contributed by atoms with Gasteiger partial charge in [0, 0.05) is 18.8 Å². The Morgan fingerprint density at radius 1 is 0.893 bits per heavy atom. The Labute approximate surface area is 182 Å². The van der Waals surface area contributed by atoms with Crippen molar-refractivity contribution in [3.8, 4) is 0 Å². The third kappa shape index (κ3) is 7.26. The summed E-state index contributed by atoms with van der Waals surface area (Å²) in [6.07, 6.45) is 0.976. The molecule has 0 aliphatic carbocycles. The molecule has 1 aromatic heterocycles. The molecule has 0 saturated carbocycles. The SMILES string of the molecule is Cl.Cl.N=C(Nc1ccc(CCNCc2ccc(CN)cc2)cc1)c1cccs1. The maximum absolute atomic E-state index is 8.06. The minimum Gasteiger partial charge on any atom is -0.340 e. The van der Waals surface area contributed by atoms with Crippen LogP contribution in [-0.4, -0.2) is 12.4 Å². The van der Waals surface area contributed by atoms with Crippen LogP contribution in [0.5, 0.6) is 0 Å². The Kier molecular flexibility index (Phi) is 10.8. The number of anilines is 1. The van der Waals surface area contributed by atoms with Crippen LogP contribution < -0.4 is 16.4 Å². The number of rotatable bonds is 8. The van der Waals surface area contributed by atoms with Gasteiger partial charge in [-0.05, 0) is 53.2 Å². The second-order valence-corrected chi connectivity index (χ2v) is 7.07. The largest absolute Gasteiger partial charge is 0.340 e. The van der Waals surface area contributed by atoms with Gasteiger partial charge in [-0.15, -0.1) is 36.2 Å². The second kappa shape index (κ2) is 12.5. The fourth-order valence-corrected chi connectivity index (χ4v) is 3.27.